The number of ether oxygens (including phenoxy) is 1. The summed E-state index contributed by atoms with van der Waals surface area (Å²) in [5.41, 5.74) is 2.89. The van der Waals surface area contributed by atoms with Gasteiger partial charge in [0.1, 0.15) is 18.5 Å². The highest BCUT2D eigenvalue weighted by Gasteiger charge is 2.21. The third-order valence-electron chi connectivity index (χ3n) is 5.23. The fraction of sp³-hybridized carbons (Fsp3) is 0.316. The Labute approximate surface area is 161 Å². The summed E-state index contributed by atoms with van der Waals surface area (Å²) in [4.78, 5) is 22.0. The number of piperazine rings is 1. The first-order chi connectivity index (χ1) is 13.7. The normalized spacial score (nSPS) is 14.8. The van der Waals surface area contributed by atoms with Crippen molar-refractivity contribution in [1.29, 1.82) is 0 Å². The Balaban J connectivity index is 1.39. The molecular formula is C19H20N8O. The molecule has 9 nitrogen and oxygen atoms in total. The second kappa shape index (κ2) is 6.59. The fourth-order valence-corrected chi connectivity index (χ4v) is 3.76. The zero-order chi connectivity index (χ0) is 19.1. The molecule has 28 heavy (non-hydrogen) atoms. The Morgan fingerprint density at radius 1 is 0.893 bits per heavy atom. The van der Waals surface area contributed by atoms with Crippen LogP contribution in [0.2, 0.25) is 0 Å². The van der Waals surface area contributed by atoms with Gasteiger partial charge in [0.15, 0.2) is 5.65 Å². The highest BCUT2D eigenvalue weighted by atomic mass is 16.5. The second-order valence-corrected chi connectivity index (χ2v) is 6.76. The number of aromatic nitrogens is 6. The van der Waals surface area contributed by atoms with E-state index >= 15 is 0 Å². The van der Waals surface area contributed by atoms with Crippen molar-refractivity contribution in [2.75, 3.05) is 43.1 Å². The predicted octanol–water partition coefficient (Wildman–Crippen LogP) is 1.64. The lowest BCUT2D eigenvalue weighted by molar-refractivity contribution is 0.402. The van der Waals surface area contributed by atoms with Crippen molar-refractivity contribution in [2.24, 2.45) is 7.05 Å². The molecule has 0 unspecified atom stereocenters. The van der Waals surface area contributed by atoms with Gasteiger partial charge in [0.2, 0.25) is 5.88 Å². The molecule has 0 bridgehead atoms. The monoisotopic (exact) mass is 376 g/mol. The molecule has 0 spiro atoms. The molecule has 0 aliphatic carbocycles. The number of fused-ring (bicyclic) bond motifs is 2. The molecule has 1 aromatic carbocycles. The van der Waals surface area contributed by atoms with Crippen molar-refractivity contribution in [3.63, 3.8) is 0 Å². The average molecular weight is 376 g/mol. The standard InChI is InChI=1S/C19H20N8O/c1-25-17-15(10-24-25)18(22-12-21-17)27-7-5-26(6-8-27)13-3-4-16-14(9-13)19(28-2)23-11-20-16/h3-4,9-12H,5-8H2,1-2H3. The molecule has 1 fully saturated rings. The SMILES string of the molecule is COc1ncnc2ccc(N3CCN(c4ncnc5c4cnn5C)CC3)cc12. The lowest BCUT2D eigenvalue weighted by Gasteiger charge is -2.37. The summed E-state index contributed by atoms with van der Waals surface area (Å²) in [6.45, 7) is 3.55. The number of hydrogen-bond donors (Lipinski definition) is 0. The van der Waals surface area contributed by atoms with Crippen LogP contribution in [0.1, 0.15) is 0 Å². The first kappa shape index (κ1) is 16.7. The summed E-state index contributed by atoms with van der Waals surface area (Å²) in [6.07, 6.45) is 4.98. The van der Waals surface area contributed by atoms with Gasteiger partial charge in [-0.2, -0.15) is 5.10 Å². The van der Waals surface area contributed by atoms with Gasteiger partial charge in [-0.3, -0.25) is 4.68 Å². The lowest BCUT2D eigenvalue weighted by Crippen LogP contribution is -2.46. The highest BCUT2D eigenvalue weighted by Crippen LogP contribution is 2.28. The summed E-state index contributed by atoms with van der Waals surface area (Å²) < 4.78 is 7.17. The van der Waals surface area contributed by atoms with Crippen LogP contribution < -0.4 is 14.5 Å². The van der Waals surface area contributed by atoms with Crippen LogP contribution in [0.25, 0.3) is 21.9 Å². The van der Waals surface area contributed by atoms with Crippen LogP contribution in [0.4, 0.5) is 11.5 Å². The predicted molar refractivity (Wildman–Crippen MR) is 107 cm³/mol. The van der Waals surface area contributed by atoms with Crippen LogP contribution in [0, 0.1) is 0 Å². The number of benzene rings is 1. The van der Waals surface area contributed by atoms with Crippen LogP contribution in [0.15, 0.2) is 37.1 Å². The van der Waals surface area contributed by atoms with Crippen molar-refractivity contribution in [3.8, 4) is 5.88 Å². The van der Waals surface area contributed by atoms with Gasteiger partial charge >= 0.3 is 0 Å². The minimum absolute atomic E-state index is 0.602. The van der Waals surface area contributed by atoms with Gasteiger partial charge in [-0.1, -0.05) is 0 Å². The molecule has 0 radical (unpaired) electrons. The molecule has 0 saturated carbocycles. The van der Waals surface area contributed by atoms with E-state index in [1.165, 1.54) is 6.33 Å². The third-order valence-corrected chi connectivity index (χ3v) is 5.23. The minimum Gasteiger partial charge on any atom is -0.480 e. The van der Waals surface area contributed by atoms with E-state index < -0.39 is 0 Å². The molecule has 5 rings (SSSR count). The van der Waals surface area contributed by atoms with Crippen molar-refractivity contribution in [1.82, 2.24) is 29.7 Å². The number of rotatable bonds is 3. The Hall–Kier alpha value is -3.49. The van der Waals surface area contributed by atoms with E-state index in [9.17, 15) is 0 Å². The number of aryl methyl sites for hydroxylation is 1. The Kier molecular flexibility index (Phi) is 3.92. The van der Waals surface area contributed by atoms with E-state index in [1.54, 1.807) is 18.1 Å². The zero-order valence-electron chi connectivity index (χ0n) is 15.8. The highest BCUT2D eigenvalue weighted by molar-refractivity contribution is 5.88. The number of hydrogen-bond acceptors (Lipinski definition) is 8. The molecule has 0 N–H and O–H groups in total. The Bertz CT molecular complexity index is 1150. The van der Waals surface area contributed by atoms with Crippen molar-refractivity contribution in [3.05, 3.63) is 37.1 Å². The van der Waals surface area contributed by atoms with E-state index in [0.717, 1.165) is 59.6 Å². The first-order valence-electron chi connectivity index (χ1n) is 9.16. The Morgan fingerprint density at radius 3 is 2.50 bits per heavy atom. The van der Waals surface area contributed by atoms with E-state index in [2.05, 4.69) is 47.0 Å². The molecule has 1 aliphatic rings. The van der Waals surface area contributed by atoms with Crippen molar-refractivity contribution in [2.45, 2.75) is 0 Å². The summed E-state index contributed by atoms with van der Waals surface area (Å²) >= 11 is 0. The number of methoxy groups -OCH3 is 1. The molecule has 0 atom stereocenters. The largest absolute Gasteiger partial charge is 0.480 e. The van der Waals surface area contributed by atoms with Crippen LogP contribution in [-0.2, 0) is 7.05 Å². The second-order valence-electron chi connectivity index (χ2n) is 6.76. The zero-order valence-corrected chi connectivity index (χ0v) is 15.8. The van der Waals surface area contributed by atoms with E-state index in [4.69, 9.17) is 4.74 Å². The molecule has 1 saturated heterocycles. The van der Waals surface area contributed by atoms with Crippen LogP contribution in [0.5, 0.6) is 5.88 Å². The number of anilines is 2. The average Bonchev–Trinajstić information content (AvgIpc) is 3.14. The third kappa shape index (κ3) is 2.67. The quantitative estimate of drug-likeness (QED) is 0.534. The van der Waals surface area contributed by atoms with E-state index in [0.29, 0.717) is 5.88 Å². The topological polar surface area (TPSA) is 85.1 Å². The van der Waals surface area contributed by atoms with Crippen LogP contribution in [-0.4, -0.2) is 63.0 Å². The fourth-order valence-electron chi connectivity index (χ4n) is 3.76. The molecule has 1 aliphatic heterocycles. The van der Waals surface area contributed by atoms with Crippen molar-refractivity contribution >= 4 is 33.4 Å². The molecule has 3 aromatic heterocycles. The molecule has 142 valence electrons. The maximum Gasteiger partial charge on any atom is 0.224 e. The maximum absolute atomic E-state index is 5.39. The minimum atomic E-state index is 0.602. The summed E-state index contributed by atoms with van der Waals surface area (Å²) in [5.74, 6) is 1.55. The van der Waals surface area contributed by atoms with Gasteiger partial charge < -0.3 is 14.5 Å². The van der Waals surface area contributed by atoms with E-state index in [-0.39, 0.29) is 0 Å². The maximum atomic E-state index is 5.39. The lowest BCUT2D eigenvalue weighted by atomic mass is 10.2. The molecule has 0 amide bonds. The van der Waals surface area contributed by atoms with Crippen molar-refractivity contribution < 1.29 is 4.74 Å². The van der Waals surface area contributed by atoms with E-state index in [1.807, 2.05) is 19.3 Å². The van der Waals surface area contributed by atoms with Gasteiger partial charge in [0, 0.05) is 38.9 Å². The first-order valence-corrected chi connectivity index (χ1v) is 9.16. The summed E-state index contributed by atoms with van der Waals surface area (Å²) in [5, 5.41) is 6.23. The van der Waals surface area contributed by atoms with Gasteiger partial charge in [0.05, 0.1) is 29.6 Å². The molecule has 9 heteroatoms. The Morgan fingerprint density at radius 2 is 1.68 bits per heavy atom. The number of nitrogens with zero attached hydrogens (tertiary/aromatic N) is 8. The van der Waals surface area contributed by atoms with Gasteiger partial charge in [-0.25, -0.2) is 19.9 Å². The molecular weight excluding hydrogens is 356 g/mol. The molecule has 4 heterocycles. The molecule has 4 aromatic rings. The van der Waals surface area contributed by atoms with Crippen LogP contribution in [0.3, 0.4) is 0 Å². The van der Waals surface area contributed by atoms with Crippen LogP contribution >= 0.6 is 0 Å². The van der Waals surface area contributed by atoms with Gasteiger partial charge in [-0.05, 0) is 18.2 Å². The smallest absolute Gasteiger partial charge is 0.224 e. The van der Waals surface area contributed by atoms with Gasteiger partial charge in [0.25, 0.3) is 0 Å². The summed E-state index contributed by atoms with van der Waals surface area (Å²) in [7, 11) is 3.53. The summed E-state index contributed by atoms with van der Waals surface area (Å²) in [6, 6.07) is 6.23. The van der Waals surface area contributed by atoms with Gasteiger partial charge in [-0.15, -0.1) is 0 Å².